The van der Waals surface area contributed by atoms with Crippen LogP contribution in [0, 0.1) is 0 Å². The molecule has 0 saturated carbocycles. The van der Waals surface area contributed by atoms with Gasteiger partial charge in [-0.1, -0.05) is 25.3 Å². The van der Waals surface area contributed by atoms with Crippen LogP contribution >= 0.6 is 11.3 Å². The van der Waals surface area contributed by atoms with Crippen molar-refractivity contribution in [2.75, 3.05) is 13.2 Å². The number of fused-ring (bicyclic) bond motifs is 2. The number of rotatable bonds is 8. The lowest BCUT2D eigenvalue weighted by Gasteiger charge is -2.00. The number of hydrogen-bond donors (Lipinski definition) is 0. The lowest BCUT2D eigenvalue weighted by molar-refractivity contribution is 0.0540. The Labute approximate surface area is 203 Å². The van der Waals surface area contributed by atoms with Crippen LogP contribution in [0.4, 0.5) is 0 Å². The first kappa shape index (κ1) is 22.3. The number of carbonyl (C=O) groups excluding carboxylic acids is 2. The summed E-state index contributed by atoms with van der Waals surface area (Å²) in [5.74, 6) is -0.0851. The first-order valence-corrected chi connectivity index (χ1v) is 11.3. The Morgan fingerprint density at radius 2 is 1.23 bits per heavy atom. The van der Waals surface area contributed by atoms with Gasteiger partial charge in [0.25, 0.3) is 0 Å². The first-order chi connectivity index (χ1) is 17.1. The van der Waals surface area contributed by atoms with Gasteiger partial charge >= 0.3 is 11.9 Å². The van der Waals surface area contributed by atoms with Gasteiger partial charge in [-0.25, -0.2) is 19.6 Å². The molecular formula is C26H18N2O6S. The molecule has 0 N–H and O–H groups in total. The number of ether oxygens (including phenoxy) is 2. The normalized spacial score (nSPS) is 11.0. The van der Waals surface area contributed by atoms with E-state index < -0.39 is 11.9 Å². The zero-order valence-corrected chi connectivity index (χ0v) is 19.2. The number of nitrogens with zero attached hydrogens (tertiary/aromatic N) is 2. The Hall–Kier alpha value is -4.50. The minimum atomic E-state index is -0.456. The number of oxazole rings is 2. The molecule has 2 aromatic carbocycles. The van der Waals surface area contributed by atoms with E-state index in [1.165, 1.54) is 23.5 Å². The number of esters is 2. The van der Waals surface area contributed by atoms with Crippen molar-refractivity contribution in [3.63, 3.8) is 0 Å². The molecule has 0 aliphatic carbocycles. The highest BCUT2D eigenvalue weighted by atomic mass is 32.1. The molecule has 0 unspecified atom stereocenters. The average molecular weight is 487 g/mol. The zero-order chi connectivity index (χ0) is 24.4. The van der Waals surface area contributed by atoms with Crippen LogP contribution in [0.3, 0.4) is 0 Å². The van der Waals surface area contributed by atoms with E-state index in [9.17, 15) is 9.59 Å². The topological polar surface area (TPSA) is 105 Å². The molecule has 0 aliphatic rings. The molecule has 0 spiro atoms. The minimum absolute atomic E-state index is 0.134. The molecule has 0 radical (unpaired) electrons. The van der Waals surface area contributed by atoms with Crippen molar-refractivity contribution in [3.05, 3.63) is 85.0 Å². The Kier molecular flexibility index (Phi) is 5.99. The van der Waals surface area contributed by atoms with Crippen molar-refractivity contribution in [2.45, 2.75) is 0 Å². The van der Waals surface area contributed by atoms with E-state index >= 15 is 0 Å². The summed E-state index contributed by atoms with van der Waals surface area (Å²) in [7, 11) is 0. The van der Waals surface area contributed by atoms with Crippen LogP contribution in [0.15, 0.2) is 82.7 Å². The molecule has 9 heteroatoms. The maximum Gasteiger partial charge on any atom is 0.338 e. The number of hydrogen-bond acceptors (Lipinski definition) is 9. The van der Waals surface area contributed by atoms with E-state index in [0.717, 1.165) is 9.75 Å². The number of benzene rings is 2. The van der Waals surface area contributed by atoms with Crippen LogP contribution in [-0.2, 0) is 9.47 Å². The summed E-state index contributed by atoms with van der Waals surface area (Å²) in [6, 6.07) is 13.6. The van der Waals surface area contributed by atoms with Gasteiger partial charge in [0, 0.05) is 0 Å². The third-order valence-corrected chi connectivity index (χ3v) is 6.00. The van der Waals surface area contributed by atoms with E-state index in [0.29, 0.717) is 45.1 Å². The van der Waals surface area contributed by atoms with Crippen molar-refractivity contribution in [1.29, 1.82) is 0 Å². The van der Waals surface area contributed by atoms with Gasteiger partial charge in [-0.3, -0.25) is 0 Å². The van der Waals surface area contributed by atoms with Crippen LogP contribution in [0.2, 0.25) is 0 Å². The molecule has 0 atom stereocenters. The summed E-state index contributed by atoms with van der Waals surface area (Å²) in [5, 5.41) is 0. The number of carbonyl (C=O) groups is 2. The summed E-state index contributed by atoms with van der Waals surface area (Å²) in [6.07, 6.45) is 3.01. The van der Waals surface area contributed by atoms with E-state index in [1.807, 2.05) is 12.1 Å². The third kappa shape index (κ3) is 4.49. The molecule has 0 saturated heterocycles. The fraction of sp³-hybridized carbons (Fsp3) is 0.0769. The lowest BCUT2D eigenvalue weighted by Crippen LogP contribution is -2.04. The molecule has 8 nitrogen and oxygen atoms in total. The van der Waals surface area contributed by atoms with E-state index in [2.05, 4.69) is 23.1 Å². The summed E-state index contributed by atoms with van der Waals surface area (Å²) >= 11 is 1.39. The molecular weight excluding hydrogens is 468 g/mol. The van der Waals surface area contributed by atoms with E-state index in [4.69, 9.17) is 18.3 Å². The van der Waals surface area contributed by atoms with Crippen molar-refractivity contribution in [3.8, 4) is 21.5 Å². The SMILES string of the molecule is C=CCOC(=O)c1ccc2oc(-c3ccc(-c4nc5cc(C(=O)OCC=C)ccc5o4)s3)nc2c1. The second-order valence-electron chi connectivity index (χ2n) is 7.34. The molecule has 174 valence electrons. The summed E-state index contributed by atoms with van der Waals surface area (Å²) in [4.78, 5) is 34.7. The van der Waals surface area contributed by atoms with Crippen LogP contribution in [0.1, 0.15) is 20.7 Å². The predicted molar refractivity (Wildman–Crippen MR) is 131 cm³/mol. The van der Waals surface area contributed by atoms with Crippen molar-refractivity contribution < 1.29 is 27.9 Å². The molecule has 35 heavy (non-hydrogen) atoms. The van der Waals surface area contributed by atoms with Crippen molar-refractivity contribution in [2.24, 2.45) is 0 Å². The van der Waals surface area contributed by atoms with E-state index in [-0.39, 0.29) is 13.2 Å². The van der Waals surface area contributed by atoms with Gasteiger partial charge in [0.15, 0.2) is 11.2 Å². The largest absolute Gasteiger partial charge is 0.458 e. The summed E-state index contributed by atoms with van der Waals surface area (Å²) in [6.45, 7) is 7.34. The molecule has 0 amide bonds. The van der Waals surface area contributed by atoms with Gasteiger partial charge in [0.05, 0.1) is 20.9 Å². The standard InChI is InChI=1S/C26H18N2O6S/c1-3-11-31-25(29)15-5-7-19-17(13-15)27-23(33-19)21-9-10-22(35-21)24-28-18-14-16(6-8-20(18)34-24)26(30)32-12-4-2/h3-10,13-14H,1-2,11-12H2. The zero-order valence-electron chi connectivity index (χ0n) is 18.4. The average Bonchev–Trinajstić information content (AvgIpc) is 3.61. The highest BCUT2D eigenvalue weighted by Crippen LogP contribution is 2.36. The van der Waals surface area contributed by atoms with E-state index in [1.54, 1.807) is 36.4 Å². The third-order valence-electron chi connectivity index (χ3n) is 4.94. The molecule has 3 aromatic heterocycles. The first-order valence-electron chi connectivity index (χ1n) is 10.5. The second kappa shape index (κ2) is 9.40. The molecule has 0 fully saturated rings. The second-order valence-corrected chi connectivity index (χ2v) is 8.42. The van der Waals surface area contributed by atoms with Gasteiger partial charge < -0.3 is 18.3 Å². The summed E-state index contributed by atoms with van der Waals surface area (Å²) in [5.41, 5.74) is 2.94. The smallest absolute Gasteiger partial charge is 0.338 e. The fourth-order valence-corrected chi connectivity index (χ4v) is 4.18. The van der Waals surface area contributed by atoms with Crippen molar-refractivity contribution >= 4 is 45.5 Å². The number of thiophene rings is 1. The predicted octanol–water partition coefficient (Wildman–Crippen LogP) is 6.05. The molecule has 5 rings (SSSR count). The fourth-order valence-electron chi connectivity index (χ4n) is 3.32. The quantitative estimate of drug-likeness (QED) is 0.193. The van der Waals surface area contributed by atoms with Crippen LogP contribution in [0.25, 0.3) is 43.7 Å². The Morgan fingerprint density at radius 3 is 1.66 bits per heavy atom. The van der Waals surface area contributed by atoms with Gasteiger partial charge in [-0.15, -0.1) is 11.3 Å². The number of aromatic nitrogens is 2. The highest BCUT2D eigenvalue weighted by Gasteiger charge is 2.17. The summed E-state index contributed by atoms with van der Waals surface area (Å²) < 4.78 is 21.9. The Morgan fingerprint density at radius 1 is 0.771 bits per heavy atom. The van der Waals surface area contributed by atoms with Gasteiger partial charge in [-0.05, 0) is 48.5 Å². The molecule has 5 aromatic rings. The minimum Gasteiger partial charge on any atom is -0.458 e. The van der Waals surface area contributed by atoms with Crippen molar-refractivity contribution in [1.82, 2.24) is 9.97 Å². The van der Waals surface area contributed by atoms with Crippen LogP contribution in [-0.4, -0.2) is 35.1 Å². The van der Waals surface area contributed by atoms with Crippen LogP contribution < -0.4 is 0 Å². The van der Waals surface area contributed by atoms with Gasteiger partial charge in [0.1, 0.15) is 24.2 Å². The molecule has 0 aliphatic heterocycles. The maximum absolute atomic E-state index is 12.1. The molecule has 0 bridgehead atoms. The van der Waals surface area contributed by atoms with Gasteiger partial charge in [0.2, 0.25) is 11.8 Å². The lowest BCUT2D eigenvalue weighted by atomic mass is 10.2. The maximum atomic E-state index is 12.1. The van der Waals surface area contributed by atoms with Gasteiger partial charge in [-0.2, -0.15) is 0 Å². The molecule has 3 heterocycles. The highest BCUT2D eigenvalue weighted by molar-refractivity contribution is 7.18. The monoisotopic (exact) mass is 486 g/mol. The Balaban J connectivity index is 1.40. The van der Waals surface area contributed by atoms with Crippen LogP contribution in [0.5, 0.6) is 0 Å². The Bertz CT molecular complexity index is 1480.